The molecule has 4 nitrogen and oxygen atoms in total. The van der Waals surface area contributed by atoms with Gasteiger partial charge in [0, 0.05) is 18.8 Å². The van der Waals surface area contributed by atoms with Gasteiger partial charge >= 0.3 is 0 Å². The van der Waals surface area contributed by atoms with E-state index in [1.807, 2.05) is 18.2 Å². The summed E-state index contributed by atoms with van der Waals surface area (Å²) in [6.07, 6.45) is 2.34. The minimum absolute atomic E-state index is 0.484. The number of nitrogens with one attached hydrogen (secondary N) is 1. The number of fused-ring (bicyclic) bond motifs is 1. The zero-order valence-electron chi connectivity index (χ0n) is 10.7. The highest BCUT2D eigenvalue weighted by Gasteiger charge is 2.12. The molecule has 4 heteroatoms. The first-order valence-electron chi connectivity index (χ1n) is 6.10. The van der Waals surface area contributed by atoms with Crippen LogP contribution in [0.4, 0.5) is 11.6 Å². The Bertz CT molecular complexity index is 503. The first-order chi connectivity index (χ1) is 8.11. The molecule has 0 spiro atoms. The molecule has 0 aliphatic rings. The molecule has 2 aromatic rings. The fraction of sp³-hybridized carbons (Fsp3) is 0.462. The van der Waals surface area contributed by atoms with Gasteiger partial charge in [-0.25, -0.2) is 4.98 Å². The lowest BCUT2D eigenvalue weighted by molar-refractivity contribution is 0.608. The highest BCUT2D eigenvalue weighted by atomic mass is 15.3. The number of aromatic nitrogens is 2. The number of hydrogen-bond acceptors (Lipinski definition) is 3. The molecule has 1 aromatic carbocycles. The van der Waals surface area contributed by atoms with Crippen molar-refractivity contribution in [1.82, 2.24) is 9.97 Å². The third kappa shape index (κ3) is 2.35. The number of anilines is 2. The highest BCUT2D eigenvalue weighted by Crippen LogP contribution is 2.20. The molecule has 0 saturated carbocycles. The second kappa shape index (κ2) is 4.65. The van der Waals surface area contributed by atoms with Crippen molar-refractivity contribution in [3.8, 4) is 0 Å². The van der Waals surface area contributed by atoms with Gasteiger partial charge in [0.15, 0.2) is 0 Å². The van der Waals surface area contributed by atoms with E-state index in [0.29, 0.717) is 6.04 Å². The van der Waals surface area contributed by atoms with Crippen molar-refractivity contribution < 1.29 is 0 Å². The smallest absolute Gasteiger partial charge is 0.203 e. The Morgan fingerprint density at radius 3 is 2.94 bits per heavy atom. The number of imidazole rings is 1. The van der Waals surface area contributed by atoms with Gasteiger partial charge in [0.05, 0.1) is 11.0 Å². The van der Waals surface area contributed by atoms with E-state index in [1.54, 1.807) is 0 Å². The summed E-state index contributed by atoms with van der Waals surface area (Å²) in [5, 5.41) is 0. The lowest BCUT2D eigenvalue weighted by Crippen LogP contribution is -2.29. The molecule has 0 fully saturated rings. The van der Waals surface area contributed by atoms with E-state index in [9.17, 15) is 0 Å². The second-order valence-corrected chi connectivity index (χ2v) is 4.59. The lowest BCUT2D eigenvalue weighted by Gasteiger charge is -2.23. The quantitative estimate of drug-likeness (QED) is 0.797. The van der Waals surface area contributed by atoms with Crippen molar-refractivity contribution in [1.29, 1.82) is 0 Å². The predicted octanol–water partition coefficient (Wildman–Crippen LogP) is 2.77. The number of nitrogen functional groups attached to an aromatic ring is 1. The third-order valence-electron chi connectivity index (χ3n) is 3.20. The summed E-state index contributed by atoms with van der Waals surface area (Å²) < 4.78 is 0. The van der Waals surface area contributed by atoms with Crippen LogP contribution in [0.1, 0.15) is 26.7 Å². The fourth-order valence-electron chi connectivity index (χ4n) is 2.00. The van der Waals surface area contributed by atoms with Crippen molar-refractivity contribution in [3.05, 3.63) is 18.2 Å². The summed E-state index contributed by atoms with van der Waals surface area (Å²) in [6, 6.07) is 6.23. The van der Waals surface area contributed by atoms with Gasteiger partial charge in [0.2, 0.25) is 5.95 Å². The van der Waals surface area contributed by atoms with E-state index in [0.717, 1.165) is 29.1 Å². The number of H-pyrrole nitrogens is 1. The summed E-state index contributed by atoms with van der Waals surface area (Å²) in [5.74, 6) is 0.909. The van der Waals surface area contributed by atoms with Crippen LogP contribution in [0.2, 0.25) is 0 Å². The van der Waals surface area contributed by atoms with E-state index in [-0.39, 0.29) is 0 Å². The zero-order chi connectivity index (χ0) is 12.4. The lowest BCUT2D eigenvalue weighted by atomic mass is 10.2. The average molecular weight is 232 g/mol. The molecule has 0 amide bonds. The summed E-state index contributed by atoms with van der Waals surface area (Å²) in [5.41, 5.74) is 8.48. The molecule has 0 aliphatic carbocycles. The van der Waals surface area contributed by atoms with E-state index in [4.69, 9.17) is 5.73 Å². The molecule has 0 saturated heterocycles. The van der Waals surface area contributed by atoms with E-state index >= 15 is 0 Å². The Morgan fingerprint density at radius 2 is 2.24 bits per heavy atom. The predicted molar refractivity (Wildman–Crippen MR) is 73.3 cm³/mol. The number of hydrogen-bond donors (Lipinski definition) is 2. The Balaban J connectivity index is 2.29. The van der Waals surface area contributed by atoms with E-state index < -0.39 is 0 Å². The van der Waals surface area contributed by atoms with Crippen LogP contribution in [0, 0.1) is 0 Å². The van der Waals surface area contributed by atoms with Gasteiger partial charge in [0.1, 0.15) is 0 Å². The Labute approximate surface area is 102 Å². The van der Waals surface area contributed by atoms with Crippen LogP contribution in [-0.4, -0.2) is 23.1 Å². The molecule has 17 heavy (non-hydrogen) atoms. The number of benzene rings is 1. The van der Waals surface area contributed by atoms with Crippen LogP contribution in [0.15, 0.2) is 18.2 Å². The molecule has 0 aliphatic heterocycles. The number of aromatic amines is 1. The van der Waals surface area contributed by atoms with Gasteiger partial charge in [-0.3, -0.25) is 0 Å². The molecule has 1 unspecified atom stereocenters. The first-order valence-corrected chi connectivity index (χ1v) is 6.10. The number of nitrogens with zero attached hydrogens (tertiary/aromatic N) is 2. The number of rotatable bonds is 4. The topological polar surface area (TPSA) is 57.9 Å². The molecule has 1 atom stereocenters. The van der Waals surface area contributed by atoms with E-state index in [2.05, 4.69) is 35.8 Å². The van der Waals surface area contributed by atoms with Gasteiger partial charge in [-0.1, -0.05) is 13.3 Å². The molecular formula is C13H20N4. The Hall–Kier alpha value is -1.71. The van der Waals surface area contributed by atoms with Crippen molar-refractivity contribution in [2.24, 2.45) is 0 Å². The molecule has 3 N–H and O–H groups in total. The van der Waals surface area contributed by atoms with Crippen molar-refractivity contribution in [2.45, 2.75) is 32.7 Å². The monoisotopic (exact) mass is 232 g/mol. The standard InChI is InChI=1S/C13H20N4/c1-4-5-9(2)17(3)13-15-11-7-6-10(14)8-12(11)16-13/h6-9H,4-5,14H2,1-3H3,(H,15,16). The van der Waals surface area contributed by atoms with Crippen LogP contribution in [-0.2, 0) is 0 Å². The maximum Gasteiger partial charge on any atom is 0.203 e. The van der Waals surface area contributed by atoms with Gasteiger partial charge in [-0.2, -0.15) is 0 Å². The van der Waals surface area contributed by atoms with Gasteiger partial charge in [0.25, 0.3) is 0 Å². The first kappa shape index (κ1) is 11.8. The third-order valence-corrected chi connectivity index (χ3v) is 3.20. The van der Waals surface area contributed by atoms with Crippen LogP contribution >= 0.6 is 0 Å². The molecule has 1 heterocycles. The minimum Gasteiger partial charge on any atom is -0.399 e. The molecule has 0 radical (unpaired) electrons. The molecule has 92 valence electrons. The summed E-state index contributed by atoms with van der Waals surface area (Å²) in [4.78, 5) is 10.1. The number of nitrogens with two attached hydrogens (primary N) is 1. The Kier molecular flexibility index (Phi) is 3.22. The van der Waals surface area contributed by atoms with Crippen molar-refractivity contribution in [2.75, 3.05) is 17.7 Å². The second-order valence-electron chi connectivity index (χ2n) is 4.59. The summed E-state index contributed by atoms with van der Waals surface area (Å²) in [7, 11) is 2.07. The van der Waals surface area contributed by atoms with Crippen LogP contribution in [0.5, 0.6) is 0 Å². The average Bonchev–Trinajstić information content (AvgIpc) is 2.71. The van der Waals surface area contributed by atoms with E-state index in [1.165, 1.54) is 6.42 Å². The minimum atomic E-state index is 0.484. The maximum atomic E-state index is 5.76. The highest BCUT2D eigenvalue weighted by molar-refractivity contribution is 5.80. The van der Waals surface area contributed by atoms with Crippen molar-refractivity contribution >= 4 is 22.7 Å². The van der Waals surface area contributed by atoms with Crippen LogP contribution in [0.25, 0.3) is 11.0 Å². The largest absolute Gasteiger partial charge is 0.399 e. The summed E-state index contributed by atoms with van der Waals surface area (Å²) in [6.45, 7) is 4.41. The van der Waals surface area contributed by atoms with Crippen molar-refractivity contribution in [3.63, 3.8) is 0 Å². The molecule has 1 aromatic heterocycles. The van der Waals surface area contributed by atoms with Gasteiger partial charge < -0.3 is 15.6 Å². The SMILES string of the molecule is CCCC(C)N(C)c1nc2ccc(N)cc2[nH]1. The Morgan fingerprint density at radius 1 is 1.47 bits per heavy atom. The summed E-state index contributed by atoms with van der Waals surface area (Å²) >= 11 is 0. The molecular weight excluding hydrogens is 212 g/mol. The molecule has 2 rings (SSSR count). The van der Waals surface area contributed by atoms with Gasteiger partial charge in [-0.15, -0.1) is 0 Å². The van der Waals surface area contributed by atoms with Crippen LogP contribution in [0.3, 0.4) is 0 Å². The normalized spacial score (nSPS) is 12.9. The zero-order valence-corrected chi connectivity index (χ0v) is 10.7. The van der Waals surface area contributed by atoms with Crippen LogP contribution < -0.4 is 10.6 Å². The van der Waals surface area contributed by atoms with Gasteiger partial charge in [-0.05, 0) is 31.5 Å². The fourth-order valence-corrected chi connectivity index (χ4v) is 2.00. The maximum absolute atomic E-state index is 5.76. The molecule has 0 bridgehead atoms.